The lowest BCUT2D eigenvalue weighted by Gasteiger charge is -2.13. The Bertz CT molecular complexity index is 361. The molecule has 1 aromatic rings. The molecule has 0 saturated carbocycles. The maximum atomic E-state index is 9.56. The third kappa shape index (κ3) is 3.43. The Balaban J connectivity index is 2.91. The van der Waals surface area contributed by atoms with Gasteiger partial charge in [0.1, 0.15) is 18.1 Å². The van der Waals surface area contributed by atoms with Crippen LogP contribution < -0.4 is 9.47 Å². The first-order chi connectivity index (χ1) is 7.69. The second-order valence-electron chi connectivity index (χ2n) is 3.25. The van der Waals surface area contributed by atoms with Crippen LogP contribution in [0, 0.1) is 0 Å². The quantitative estimate of drug-likeness (QED) is 0.863. The summed E-state index contributed by atoms with van der Waals surface area (Å²) in [6.07, 6.45) is 1.09. The topological polar surface area (TPSA) is 38.7 Å². The van der Waals surface area contributed by atoms with Gasteiger partial charge in [-0.3, -0.25) is 0 Å². The molecule has 0 heterocycles. The highest BCUT2D eigenvalue weighted by atomic mass is 35.5. The smallest absolute Gasteiger partial charge is 0.129 e. The third-order valence-corrected chi connectivity index (χ3v) is 2.27. The van der Waals surface area contributed by atoms with Crippen molar-refractivity contribution >= 4 is 11.6 Å². The van der Waals surface area contributed by atoms with Crippen LogP contribution in [0.5, 0.6) is 11.5 Å². The summed E-state index contributed by atoms with van der Waals surface area (Å²) in [5, 5.41) is 9.56. The number of hydrogen-bond acceptors (Lipinski definition) is 3. The fourth-order valence-electron chi connectivity index (χ4n) is 1.29. The number of rotatable bonds is 5. The molecule has 1 N–H and O–H groups in total. The van der Waals surface area contributed by atoms with Gasteiger partial charge >= 0.3 is 0 Å². The van der Waals surface area contributed by atoms with Crippen LogP contribution in [0.3, 0.4) is 0 Å². The van der Waals surface area contributed by atoms with Crippen molar-refractivity contribution in [3.05, 3.63) is 35.4 Å². The van der Waals surface area contributed by atoms with Gasteiger partial charge in [-0.1, -0.05) is 11.6 Å². The van der Waals surface area contributed by atoms with Gasteiger partial charge in [-0.25, -0.2) is 0 Å². The fourth-order valence-corrected chi connectivity index (χ4v) is 1.36. The van der Waals surface area contributed by atoms with Crippen LogP contribution in [0.2, 0.25) is 0 Å². The van der Waals surface area contributed by atoms with Gasteiger partial charge in [-0.15, -0.1) is 0 Å². The standard InChI is InChI=1S/C12H15ClO3/c1-9(14)11-5-4-10(15-2)8-12(11)16-7-3-6-13/h3-6,8-9,14H,7H2,1-2H3/b6-3+/t9-/m1/s1. The molecule has 3 nitrogen and oxygen atoms in total. The fraction of sp³-hybridized carbons (Fsp3) is 0.333. The number of aliphatic hydroxyl groups excluding tert-OH is 1. The molecular weight excluding hydrogens is 228 g/mol. The number of hydrogen-bond donors (Lipinski definition) is 1. The molecule has 0 radical (unpaired) electrons. The molecule has 16 heavy (non-hydrogen) atoms. The van der Waals surface area contributed by atoms with Crippen molar-refractivity contribution in [2.24, 2.45) is 0 Å². The summed E-state index contributed by atoms with van der Waals surface area (Å²) in [6.45, 7) is 2.04. The van der Waals surface area contributed by atoms with Gasteiger partial charge < -0.3 is 14.6 Å². The van der Waals surface area contributed by atoms with E-state index in [0.717, 1.165) is 5.56 Å². The Hall–Kier alpha value is -1.19. The van der Waals surface area contributed by atoms with E-state index in [-0.39, 0.29) is 0 Å². The van der Waals surface area contributed by atoms with E-state index in [9.17, 15) is 5.11 Å². The summed E-state index contributed by atoms with van der Waals surface area (Å²) >= 11 is 5.39. The normalized spacial score (nSPS) is 12.8. The lowest BCUT2D eigenvalue weighted by atomic mass is 10.1. The molecule has 1 atom stereocenters. The SMILES string of the molecule is COc1ccc([C@@H](C)O)c(OC/C=C/Cl)c1. The Morgan fingerprint density at radius 3 is 2.81 bits per heavy atom. The largest absolute Gasteiger partial charge is 0.497 e. The summed E-state index contributed by atoms with van der Waals surface area (Å²) in [6, 6.07) is 5.31. The molecule has 88 valence electrons. The summed E-state index contributed by atoms with van der Waals surface area (Å²) in [5.74, 6) is 1.29. The lowest BCUT2D eigenvalue weighted by molar-refractivity contribution is 0.192. The first kappa shape index (κ1) is 12.9. The van der Waals surface area contributed by atoms with E-state index in [4.69, 9.17) is 21.1 Å². The predicted octanol–water partition coefficient (Wildman–Crippen LogP) is 2.88. The number of methoxy groups -OCH3 is 1. The Morgan fingerprint density at radius 2 is 2.25 bits per heavy atom. The Morgan fingerprint density at radius 1 is 1.50 bits per heavy atom. The monoisotopic (exact) mass is 242 g/mol. The minimum absolute atomic E-state index is 0.358. The van der Waals surface area contributed by atoms with Crippen LogP contribution in [0.4, 0.5) is 0 Å². The van der Waals surface area contributed by atoms with Gasteiger partial charge in [0.2, 0.25) is 0 Å². The van der Waals surface area contributed by atoms with Gasteiger partial charge in [0.15, 0.2) is 0 Å². The number of halogens is 1. The third-order valence-electron chi connectivity index (χ3n) is 2.09. The van der Waals surface area contributed by atoms with E-state index in [0.29, 0.717) is 18.1 Å². The van der Waals surface area contributed by atoms with Gasteiger partial charge in [-0.2, -0.15) is 0 Å². The van der Waals surface area contributed by atoms with Crippen molar-refractivity contribution in [2.75, 3.05) is 13.7 Å². The Labute approximate surface area is 100 Å². The molecule has 0 spiro atoms. The highest BCUT2D eigenvalue weighted by molar-refractivity contribution is 6.25. The second kappa shape index (κ2) is 6.40. The van der Waals surface area contributed by atoms with Crippen molar-refractivity contribution in [3.63, 3.8) is 0 Å². The first-order valence-electron chi connectivity index (χ1n) is 4.93. The van der Waals surface area contributed by atoms with Crippen molar-refractivity contribution in [3.8, 4) is 11.5 Å². The molecular formula is C12H15ClO3. The van der Waals surface area contributed by atoms with E-state index < -0.39 is 6.10 Å². The molecule has 0 bridgehead atoms. The van der Waals surface area contributed by atoms with Crippen LogP contribution >= 0.6 is 11.6 Å². The van der Waals surface area contributed by atoms with Gasteiger partial charge in [0.25, 0.3) is 0 Å². The molecule has 0 aliphatic heterocycles. The van der Waals surface area contributed by atoms with E-state index in [1.54, 1.807) is 38.3 Å². The summed E-state index contributed by atoms with van der Waals surface area (Å²) < 4.78 is 10.6. The minimum Gasteiger partial charge on any atom is -0.497 e. The summed E-state index contributed by atoms with van der Waals surface area (Å²) in [4.78, 5) is 0. The number of aliphatic hydroxyl groups is 1. The van der Waals surface area contributed by atoms with Crippen LogP contribution in [0.1, 0.15) is 18.6 Å². The molecule has 0 aromatic heterocycles. The molecule has 1 rings (SSSR count). The maximum Gasteiger partial charge on any atom is 0.129 e. The predicted molar refractivity (Wildman–Crippen MR) is 64.1 cm³/mol. The first-order valence-corrected chi connectivity index (χ1v) is 5.36. The van der Waals surface area contributed by atoms with Crippen molar-refractivity contribution in [1.82, 2.24) is 0 Å². The Kier molecular flexibility index (Phi) is 5.15. The second-order valence-corrected chi connectivity index (χ2v) is 3.50. The van der Waals surface area contributed by atoms with Crippen molar-refractivity contribution in [1.29, 1.82) is 0 Å². The molecule has 0 aliphatic carbocycles. The molecule has 0 amide bonds. The van der Waals surface area contributed by atoms with E-state index in [1.165, 1.54) is 5.54 Å². The average molecular weight is 243 g/mol. The number of benzene rings is 1. The van der Waals surface area contributed by atoms with Crippen LogP contribution in [0.25, 0.3) is 0 Å². The zero-order chi connectivity index (χ0) is 12.0. The minimum atomic E-state index is -0.583. The van der Waals surface area contributed by atoms with Crippen molar-refractivity contribution in [2.45, 2.75) is 13.0 Å². The highest BCUT2D eigenvalue weighted by Crippen LogP contribution is 2.29. The zero-order valence-corrected chi connectivity index (χ0v) is 10.1. The molecule has 1 aromatic carbocycles. The highest BCUT2D eigenvalue weighted by Gasteiger charge is 2.09. The van der Waals surface area contributed by atoms with Crippen LogP contribution in [0.15, 0.2) is 29.8 Å². The summed E-state index contributed by atoms with van der Waals surface area (Å²) in [5.41, 5.74) is 2.12. The molecule has 4 heteroatoms. The zero-order valence-electron chi connectivity index (χ0n) is 9.31. The van der Waals surface area contributed by atoms with E-state index in [1.807, 2.05) is 0 Å². The van der Waals surface area contributed by atoms with E-state index in [2.05, 4.69) is 0 Å². The summed E-state index contributed by atoms with van der Waals surface area (Å²) in [7, 11) is 1.58. The molecule has 0 fully saturated rings. The molecule has 0 aliphatic rings. The number of ether oxygens (including phenoxy) is 2. The van der Waals surface area contributed by atoms with Crippen LogP contribution in [-0.2, 0) is 0 Å². The van der Waals surface area contributed by atoms with Gasteiger partial charge in [0.05, 0.1) is 13.2 Å². The average Bonchev–Trinajstić information content (AvgIpc) is 2.29. The lowest BCUT2D eigenvalue weighted by Crippen LogP contribution is -2.01. The molecule has 0 unspecified atom stereocenters. The van der Waals surface area contributed by atoms with Gasteiger partial charge in [-0.05, 0) is 25.1 Å². The van der Waals surface area contributed by atoms with Gasteiger partial charge in [0, 0.05) is 17.2 Å². The van der Waals surface area contributed by atoms with Crippen molar-refractivity contribution < 1.29 is 14.6 Å². The maximum absolute atomic E-state index is 9.56. The van der Waals surface area contributed by atoms with E-state index >= 15 is 0 Å². The van der Waals surface area contributed by atoms with Crippen LogP contribution in [-0.4, -0.2) is 18.8 Å². The molecule has 0 saturated heterocycles.